The van der Waals surface area contributed by atoms with E-state index in [0.717, 1.165) is 22.4 Å². The largest absolute Gasteiger partial charge is 0.399 e. The van der Waals surface area contributed by atoms with Crippen LogP contribution in [0.25, 0.3) is 10.9 Å². The highest BCUT2D eigenvalue weighted by Gasteiger charge is 2.05. The van der Waals surface area contributed by atoms with E-state index in [0.29, 0.717) is 6.04 Å². The summed E-state index contributed by atoms with van der Waals surface area (Å²) in [7, 11) is 0. The van der Waals surface area contributed by atoms with Crippen molar-refractivity contribution in [3.8, 4) is 0 Å². The van der Waals surface area contributed by atoms with Crippen LogP contribution in [0.3, 0.4) is 0 Å². The summed E-state index contributed by atoms with van der Waals surface area (Å²) in [6.45, 7) is 4.16. The van der Waals surface area contributed by atoms with Gasteiger partial charge >= 0.3 is 0 Å². The number of rotatable bonds is 2. The Kier molecular flexibility index (Phi) is 2.04. The number of aromatic nitrogens is 2. The van der Waals surface area contributed by atoms with Crippen LogP contribution in [0.5, 0.6) is 0 Å². The summed E-state index contributed by atoms with van der Waals surface area (Å²) in [5.41, 5.74) is 7.38. The summed E-state index contributed by atoms with van der Waals surface area (Å²) in [4.78, 5) is 0. The second-order valence-corrected chi connectivity index (χ2v) is 3.68. The van der Waals surface area contributed by atoms with E-state index in [1.807, 2.05) is 18.2 Å². The van der Waals surface area contributed by atoms with Gasteiger partial charge in [0.15, 0.2) is 5.82 Å². The molecule has 0 fully saturated rings. The van der Waals surface area contributed by atoms with E-state index < -0.39 is 0 Å². The molecule has 4 N–H and O–H groups in total. The van der Waals surface area contributed by atoms with Crippen LogP contribution in [0, 0.1) is 0 Å². The molecule has 0 aliphatic heterocycles. The summed E-state index contributed by atoms with van der Waals surface area (Å²) in [6.07, 6.45) is 0. The molecule has 14 heavy (non-hydrogen) atoms. The van der Waals surface area contributed by atoms with E-state index >= 15 is 0 Å². The molecule has 1 aromatic carbocycles. The number of nitrogen functional groups attached to an aromatic ring is 1. The van der Waals surface area contributed by atoms with E-state index in [1.54, 1.807) is 0 Å². The molecule has 0 aliphatic rings. The minimum absolute atomic E-state index is 0.374. The molecule has 2 rings (SSSR count). The maximum Gasteiger partial charge on any atom is 0.155 e. The van der Waals surface area contributed by atoms with Gasteiger partial charge in [-0.15, -0.1) is 0 Å². The molecule has 0 unspecified atom stereocenters. The number of H-pyrrole nitrogens is 1. The van der Waals surface area contributed by atoms with Crippen LogP contribution in [-0.4, -0.2) is 16.2 Å². The quantitative estimate of drug-likeness (QED) is 0.634. The normalized spacial score (nSPS) is 11.1. The Hall–Kier alpha value is -1.71. The van der Waals surface area contributed by atoms with Gasteiger partial charge in [-0.2, -0.15) is 5.10 Å². The highest BCUT2D eigenvalue weighted by atomic mass is 15.2. The average Bonchev–Trinajstić information content (AvgIpc) is 2.47. The van der Waals surface area contributed by atoms with Gasteiger partial charge in [-0.05, 0) is 32.0 Å². The maximum absolute atomic E-state index is 5.67. The maximum atomic E-state index is 5.67. The summed E-state index contributed by atoms with van der Waals surface area (Å²) in [5, 5.41) is 11.5. The van der Waals surface area contributed by atoms with Crippen LogP contribution in [0.15, 0.2) is 18.2 Å². The van der Waals surface area contributed by atoms with Gasteiger partial charge in [0.25, 0.3) is 0 Å². The van der Waals surface area contributed by atoms with Gasteiger partial charge in [0.1, 0.15) is 0 Å². The lowest BCUT2D eigenvalue weighted by Crippen LogP contribution is -2.09. The zero-order valence-electron chi connectivity index (χ0n) is 8.33. The van der Waals surface area contributed by atoms with Crippen molar-refractivity contribution in [2.24, 2.45) is 0 Å². The Labute approximate surface area is 82.5 Å². The monoisotopic (exact) mass is 190 g/mol. The second-order valence-electron chi connectivity index (χ2n) is 3.68. The van der Waals surface area contributed by atoms with E-state index in [4.69, 9.17) is 5.73 Å². The first-order valence-corrected chi connectivity index (χ1v) is 4.67. The number of nitrogens with two attached hydrogens (primary N) is 1. The van der Waals surface area contributed by atoms with E-state index in [-0.39, 0.29) is 0 Å². The Morgan fingerprint density at radius 1 is 1.43 bits per heavy atom. The summed E-state index contributed by atoms with van der Waals surface area (Å²) in [6, 6.07) is 6.11. The van der Waals surface area contributed by atoms with E-state index in [1.165, 1.54) is 0 Å². The zero-order valence-corrected chi connectivity index (χ0v) is 8.33. The fourth-order valence-electron chi connectivity index (χ4n) is 1.42. The Morgan fingerprint density at radius 2 is 2.21 bits per heavy atom. The van der Waals surface area contributed by atoms with Crippen LogP contribution in [0.2, 0.25) is 0 Å². The second kappa shape index (κ2) is 3.21. The number of hydrogen-bond acceptors (Lipinski definition) is 3. The Bertz CT molecular complexity index is 444. The third-order valence-electron chi connectivity index (χ3n) is 2.01. The molecule has 0 atom stereocenters. The predicted octanol–water partition coefficient (Wildman–Crippen LogP) is 1.97. The molecule has 0 aliphatic carbocycles. The van der Waals surface area contributed by atoms with Crippen LogP contribution < -0.4 is 11.1 Å². The highest BCUT2D eigenvalue weighted by molar-refractivity contribution is 5.91. The van der Waals surface area contributed by atoms with Gasteiger partial charge in [-0.25, -0.2) is 0 Å². The molecule has 1 heterocycles. The van der Waals surface area contributed by atoms with Crippen molar-refractivity contribution in [1.29, 1.82) is 0 Å². The van der Waals surface area contributed by atoms with Gasteiger partial charge in [-0.3, -0.25) is 5.10 Å². The first-order valence-electron chi connectivity index (χ1n) is 4.67. The molecule has 0 saturated heterocycles. The number of nitrogens with zero attached hydrogens (tertiary/aromatic N) is 1. The number of fused-ring (bicyclic) bond motifs is 1. The first kappa shape index (κ1) is 8.87. The fraction of sp³-hybridized carbons (Fsp3) is 0.300. The van der Waals surface area contributed by atoms with E-state index in [9.17, 15) is 0 Å². The number of benzene rings is 1. The van der Waals surface area contributed by atoms with Crippen molar-refractivity contribution in [3.63, 3.8) is 0 Å². The molecular weight excluding hydrogens is 176 g/mol. The molecule has 74 valence electrons. The van der Waals surface area contributed by atoms with Crippen LogP contribution in [0.1, 0.15) is 13.8 Å². The SMILES string of the molecule is CC(C)Nc1n[nH]c2cc(N)ccc12. The van der Waals surface area contributed by atoms with Crippen LogP contribution in [0.4, 0.5) is 11.5 Å². The minimum atomic E-state index is 0.374. The molecule has 0 amide bonds. The molecule has 4 heteroatoms. The highest BCUT2D eigenvalue weighted by Crippen LogP contribution is 2.22. The van der Waals surface area contributed by atoms with Gasteiger partial charge in [0, 0.05) is 17.1 Å². The lowest BCUT2D eigenvalue weighted by molar-refractivity contribution is 0.886. The minimum Gasteiger partial charge on any atom is -0.399 e. The van der Waals surface area contributed by atoms with E-state index in [2.05, 4.69) is 29.4 Å². The number of aromatic amines is 1. The first-order chi connectivity index (χ1) is 6.66. The van der Waals surface area contributed by atoms with Crippen molar-refractivity contribution in [1.82, 2.24) is 10.2 Å². The smallest absolute Gasteiger partial charge is 0.155 e. The molecule has 4 nitrogen and oxygen atoms in total. The Morgan fingerprint density at radius 3 is 2.93 bits per heavy atom. The van der Waals surface area contributed by atoms with Crippen molar-refractivity contribution in [3.05, 3.63) is 18.2 Å². The molecule has 1 aromatic heterocycles. The zero-order chi connectivity index (χ0) is 10.1. The lowest BCUT2D eigenvalue weighted by atomic mass is 10.2. The predicted molar refractivity (Wildman–Crippen MR) is 59.3 cm³/mol. The van der Waals surface area contributed by atoms with Gasteiger partial charge < -0.3 is 11.1 Å². The van der Waals surface area contributed by atoms with Crippen molar-refractivity contribution >= 4 is 22.4 Å². The number of nitrogens with one attached hydrogen (secondary N) is 2. The molecule has 0 bridgehead atoms. The average molecular weight is 190 g/mol. The van der Waals surface area contributed by atoms with Crippen LogP contribution in [-0.2, 0) is 0 Å². The van der Waals surface area contributed by atoms with Crippen molar-refractivity contribution in [2.75, 3.05) is 11.1 Å². The number of anilines is 2. The third-order valence-corrected chi connectivity index (χ3v) is 2.01. The van der Waals surface area contributed by atoms with Crippen molar-refractivity contribution < 1.29 is 0 Å². The van der Waals surface area contributed by atoms with Gasteiger partial charge in [-0.1, -0.05) is 0 Å². The lowest BCUT2D eigenvalue weighted by Gasteiger charge is -2.06. The summed E-state index contributed by atoms with van der Waals surface area (Å²) < 4.78 is 0. The molecule has 2 aromatic rings. The summed E-state index contributed by atoms with van der Waals surface area (Å²) in [5.74, 6) is 0.884. The topological polar surface area (TPSA) is 66.7 Å². The molecule has 0 spiro atoms. The fourth-order valence-corrected chi connectivity index (χ4v) is 1.42. The molecule has 0 radical (unpaired) electrons. The standard InChI is InChI=1S/C10H14N4/c1-6(2)12-10-8-4-3-7(11)5-9(8)13-14-10/h3-6H,11H2,1-2H3,(H2,12,13,14). The van der Waals surface area contributed by atoms with Gasteiger partial charge in [0.05, 0.1) is 5.52 Å². The summed E-state index contributed by atoms with van der Waals surface area (Å²) >= 11 is 0. The third kappa shape index (κ3) is 1.51. The number of hydrogen-bond donors (Lipinski definition) is 3. The molecular formula is C10H14N4. The van der Waals surface area contributed by atoms with Gasteiger partial charge in [0.2, 0.25) is 0 Å². The van der Waals surface area contributed by atoms with Crippen molar-refractivity contribution in [2.45, 2.75) is 19.9 Å². The van der Waals surface area contributed by atoms with Crippen LogP contribution >= 0.6 is 0 Å². The molecule has 0 saturated carbocycles. The Balaban J connectivity index is 2.47.